The molecule has 0 aliphatic heterocycles. The Balaban J connectivity index is 3.02. The number of ether oxygens (including phenoxy) is 2. The van der Waals surface area contributed by atoms with Crippen molar-refractivity contribution in [1.29, 1.82) is 0 Å². The van der Waals surface area contributed by atoms with Crippen LogP contribution < -0.4 is 10.5 Å². The van der Waals surface area contributed by atoms with Crippen molar-refractivity contribution in [3.63, 3.8) is 0 Å². The third kappa shape index (κ3) is 2.93. The number of primary amides is 1. The zero-order valence-corrected chi connectivity index (χ0v) is 9.40. The zero-order valence-electron chi connectivity index (χ0n) is 9.40. The standard InChI is InChI=1S/C11H12FNO4/c1-6(11(15)16-2)17-8-5-3-4-7(12)9(8)10(13)14/h3-6H,1-2H3,(H2,13,14)/t6-/m0/s1. The lowest BCUT2D eigenvalue weighted by Crippen LogP contribution is -2.26. The number of amides is 1. The summed E-state index contributed by atoms with van der Waals surface area (Å²) in [6.07, 6.45) is -0.958. The second kappa shape index (κ2) is 5.29. The van der Waals surface area contributed by atoms with Gasteiger partial charge in [0.1, 0.15) is 17.1 Å². The predicted molar refractivity (Wildman–Crippen MR) is 57.0 cm³/mol. The van der Waals surface area contributed by atoms with Gasteiger partial charge in [-0.1, -0.05) is 6.07 Å². The lowest BCUT2D eigenvalue weighted by atomic mass is 10.2. The van der Waals surface area contributed by atoms with E-state index in [2.05, 4.69) is 4.74 Å². The van der Waals surface area contributed by atoms with Crippen molar-refractivity contribution in [1.82, 2.24) is 0 Å². The summed E-state index contributed by atoms with van der Waals surface area (Å²) < 4.78 is 22.9. The van der Waals surface area contributed by atoms with Crippen molar-refractivity contribution in [3.8, 4) is 5.75 Å². The van der Waals surface area contributed by atoms with Crippen molar-refractivity contribution in [3.05, 3.63) is 29.6 Å². The topological polar surface area (TPSA) is 78.6 Å². The number of halogens is 1. The maximum atomic E-state index is 13.3. The molecule has 2 N–H and O–H groups in total. The Kier molecular flexibility index (Phi) is 4.03. The summed E-state index contributed by atoms with van der Waals surface area (Å²) in [5, 5.41) is 0. The van der Waals surface area contributed by atoms with Gasteiger partial charge in [-0.3, -0.25) is 4.79 Å². The Labute approximate surface area is 97.3 Å². The minimum Gasteiger partial charge on any atom is -0.478 e. The van der Waals surface area contributed by atoms with Crippen LogP contribution in [0.25, 0.3) is 0 Å². The van der Waals surface area contributed by atoms with Gasteiger partial charge < -0.3 is 15.2 Å². The molecular formula is C11H12FNO4. The van der Waals surface area contributed by atoms with E-state index in [4.69, 9.17) is 10.5 Å². The summed E-state index contributed by atoms with van der Waals surface area (Å²) in [4.78, 5) is 22.2. The van der Waals surface area contributed by atoms with Crippen LogP contribution in [0.5, 0.6) is 5.75 Å². The van der Waals surface area contributed by atoms with Crippen LogP contribution in [0, 0.1) is 5.82 Å². The molecule has 5 nitrogen and oxygen atoms in total. The molecule has 0 radical (unpaired) electrons. The number of carbonyl (C=O) groups is 2. The van der Waals surface area contributed by atoms with Gasteiger partial charge in [0.25, 0.3) is 5.91 Å². The maximum Gasteiger partial charge on any atom is 0.346 e. The molecule has 0 unspecified atom stereocenters. The number of rotatable bonds is 4. The van der Waals surface area contributed by atoms with E-state index in [9.17, 15) is 14.0 Å². The number of carbonyl (C=O) groups excluding carboxylic acids is 2. The first kappa shape index (κ1) is 13.0. The Morgan fingerprint density at radius 3 is 2.59 bits per heavy atom. The first-order valence-electron chi connectivity index (χ1n) is 4.80. The summed E-state index contributed by atoms with van der Waals surface area (Å²) >= 11 is 0. The Morgan fingerprint density at radius 1 is 1.41 bits per heavy atom. The van der Waals surface area contributed by atoms with Gasteiger partial charge in [-0.25, -0.2) is 9.18 Å². The van der Waals surface area contributed by atoms with E-state index in [0.29, 0.717) is 0 Å². The zero-order chi connectivity index (χ0) is 13.0. The van der Waals surface area contributed by atoms with Crippen molar-refractivity contribution in [2.75, 3.05) is 7.11 Å². The quantitative estimate of drug-likeness (QED) is 0.793. The second-order valence-corrected chi connectivity index (χ2v) is 3.26. The van der Waals surface area contributed by atoms with Crippen molar-refractivity contribution >= 4 is 11.9 Å². The molecular weight excluding hydrogens is 229 g/mol. The highest BCUT2D eigenvalue weighted by Crippen LogP contribution is 2.22. The van der Waals surface area contributed by atoms with Gasteiger partial charge in [0.2, 0.25) is 0 Å². The van der Waals surface area contributed by atoms with E-state index in [-0.39, 0.29) is 11.3 Å². The van der Waals surface area contributed by atoms with Gasteiger partial charge in [-0.2, -0.15) is 0 Å². The van der Waals surface area contributed by atoms with Crippen LogP contribution in [0.2, 0.25) is 0 Å². The van der Waals surface area contributed by atoms with Crippen LogP contribution >= 0.6 is 0 Å². The molecule has 6 heteroatoms. The number of hydrogen-bond donors (Lipinski definition) is 1. The van der Waals surface area contributed by atoms with Crippen LogP contribution in [0.4, 0.5) is 4.39 Å². The fraction of sp³-hybridized carbons (Fsp3) is 0.273. The number of nitrogens with two attached hydrogens (primary N) is 1. The summed E-state index contributed by atoms with van der Waals surface area (Å²) in [7, 11) is 1.20. The molecule has 1 aromatic carbocycles. The molecule has 0 fully saturated rings. The Morgan fingerprint density at radius 2 is 2.06 bits per heavy atom. The average molecular weight is 241 g/mol. The first-order chi connectivity index (χ1) is 7.97. The van der Waals surface area contributed by atoms with Gasteiger partial charge in [-0.05, 0) is 19.1 Å². The van der Waals surface area contributed by atoms with Crippen LogP contribution in [0.3, 0.4) is 0 Å². The summed E-state index contributed by atoms with van der Waals surface area (Å²) in [5.74, 6) is -2.48. The predicted octanol–water partition coefficient (Wildman–Crippen LogP) is 0.865. The highest BCUT2D eigenvalue weighted by atomic mass is 19.1. The fourth-order valence-electron chi connectivity index (χ4n) is 1.25. The molecule has 92 valence electrons. The fourth-order valence-corrected chi connectivity index (χ4v) is 1.25. The molecule has 17 heavy (non-hydrogen) atoms. The van der Waals surface area contributed by atoms with Crippen molar-refractivity contribution in [2.45, 2.75) is 13.0 Å². The van der Waals surface area contributed by atoms with Crippen LogP contribution in [-0.4, -0.2) is 25.1 Å². The molecule has 0 spiro atoms. The van der Waals surface area contributed by atoms with Gasteiger partial charge in [0.15, 0.2) is 6.10 Å². The monoisotopic (exact) mass is 241 g/mol. The van der Waals surface area contributed by atoms with E-state index in [1.165, 1.54) is 26.2 Å². The summed E-state index contributed by atoms with van der Waals surface area (Å²) in [6, 6.07) is 3.78. The summed E-state index contributed by atoms with van der Waals surface area (Å²) in [6.45, 7) is 1.42. The second-order valence-electron chi connectivity index (χ2n) is 3.26. The van der Waals surface area contributed by atoms with Crippen LogP contribution in [-0.2, 0) is 9.53 Å². The highest BCUT2D eigenvalue weighted by molar-refractivity contribution is 5.96. The Bertz CT molecular complexity index is 447. The van der Waals surface area contributed by atoms with E-state index in [1.807, 2.05) is 0 Å². The highest BCUT2D eigenvalue weighted by Gasteiger charge is 2.20. The molecule has 0 aliphatic carbocycles. The van der Waals surface area contributed by atoms with Crippen LogP contribution in [0.15, 0.2) is 18.2 Å². The Hall–Kier alpha value is -2.11. The SMILES string of the molecule is COC(=O)[C@H](C)Oc1cccc(F)c1C(N)=O. The van der Waals surface area contributed by atoms with Crippen molar-refractivity contribution in [2.24, 2.45) is 5.73 Å². The molecule has 0 aromatic heterocycles. The molecule has 1 amide bonds. The molecule has 0 heterocycles. The van der Waals surface area contributed by atoms with Gasteiger partial charge >= 0.3 is 5.97 Å². The number of benzene rings is 1. The van der Waals surface area contributed by atoms with Crippen LogP contribution in [0.1, 0.15) is 17.3 Å². The molecule has 0 aliphatic rings. The molecule has 1 atom stereocenters. The van der Waals surface area contributed by atoms with Gasteiger partial charge in [0.05, 0.1) is 7.11 Å². The minimum absolute atomic E-state index is 0.0876. The normalized spacial score (nSPS) is 11.7. The van der Waals surface area contributed by atoms with Gasteiger partial charge in [-0.15, -0.1) is 0 Å². The van der Waals surface area contributed by atoms with Crippen molar-refractivity contribution < 1.29 is 23.5 Å². The van der Waals surface area contributed by atoms with E-state index < -0.39 is 23.8 Å². The summed E-state index contributed by atoms with van der Waals surface area (Å²) in [5.41, 5.74) is 4.64. The lowest BCUT2D eigenvalue weighted by Gasteiger charge is -2.14. The molecule has 1 aromatic rings. The molecule has 0 saturated carbocycles. The average Bonchev–Trinajstić information content (AvgIpc) is 2.27. The third-order valence-electron chi connectivity index (χ3n) is 2.06. The largest absolute Gasteiger partial charge is 0.478 e. The number of esters is 1. The van der Waals surface area contributed by atoms with E-state index >= 15 is 0 Å². The first-order valence-corrected chi connectivity index (χ1v) is 4.80. The molecule has 0 saturated heterocycles. The van der Waals surface area contributed by atoms with E-state index in [1.54, 1.807) is 0 Å². The maximum absolute atomic E-state index is 13.3. The number of methoxy groups -OCH3 is 1. The molecule has 0 bridgehead atoms. The smallest absolute Gasteiger partial charge is 0.346 e. The third-order valence-corrected chi connectivity index (χ3v) is 2.06. The van der Waals surface area contributed by atoms with E-state index in [0.717, 1.165) is 6.07 Å². The van der Waals surface area contributed by atoms with Gasteiger partial charge in [0, 0.05) is 0 Å². The molecule has 1 rings (SSSR count). The minimum atomic E-state index is -0.963. The lowest BCUT2D eigenvalue weighted by molar-refractivity contribution is -0.147. The number of hydrogen-bond acceptors (Lipinski definition) is 4.